The Hall–Kier alpha value is -2.37. The zero-order valence-electron chi connectivity index (χ0n) is 11.6. The van der Waals surface area contributed by atoms with Crippen LogP contribution in [0.4, 0.5) is 5.69 Å². The Balaban J connectivity index is 1.77. The van der Waals surface area contributed by atoms with Crippen molar-refractivity contribution < 1.29 is 14.3 Å². The van der Waals surface area contributed by atoms with Gasteiger partial charge in [-0.2, -0.15) is 0 Å². The van der Waals surface area contributed by atoms with Gasteiger partial charge in [-0.05, 0) is 31.0 Å². The Bertz CT molecular complexity index is 619. The molecule has 2 aromatic rings. The summed E-state index contributed by atoms with van der Waals surface area (Å²) in [5.41, 5.74) is 1.03. The largest absolute Gasteiger partial charge is 0.507 e. The molecule has 2 N–H and O–H groups in total. The van der Waals surface area contributed by atoms with Gasteiger partial charge in [-0.25, -0.2) is 0 Å². The maximum absolute atomic E-state index is 12.2. The van der Waals surface area contributed by atoms with Gasteiger partial charge in [-0.3, -0.25) is 4.79 Å². The molecular formula is C15H17N3O3. The molecule has 0 spiro atoms. The van der Waals surface area contributed by atoms with Crippen LogP contribution in [0.3, 0.4) is 0 Å². The number of benzene rings is 1. The van der Waals surface area contributed by atoms with E-state index in [1.54, 1.807) is 12.1 Å². The van der Waals surface area contributed by atoms with Crippen LogP contribution in [-0.4, -0.2) is 21.2 Å². The summed E-state index contributed by atoms with van der Waals surface area (Å²) in [5, 5.41) is 20.1. The topological polar surface area (TPSA) is 88.2 Å². The Labute approximate surface area is 122 Å². The molecule has 6 nitrogen and oxygen atoms in total. The highest BCUT2D eigenvalue weighted by Gasteiger charge is 2.21. The van der Waals surface area contributed by atoms with Crippen molar-refractivity contribution in [2.45, 2.75) is 32.1 Å². The van der Waals surface area contributed by atoms with Crippen LogP contribution in [0.5, 0.6) is 5.75 Å². The molecule has 0 saturated heterocycles. The predicted octanol–water partition coefficient (Wildman–Crippen LogP) is 2.96. The monoisotopic (exact) mass is 287 g/mol. The molecule has 3 rings (SSSR count). The molecule has 21 heavy (non-hydrogen) atoms. The van der Waals surface area contributed by atoms with E-state index in [4.69, 9.17) is 4.42 Å². The number of hydrogen-bond donors (Lipinski definition) is 2. The summed E-state index contributed by atoms with van der Waals surface area (Å²) in [6.45, 7) is 0. The average molecular weight is 287 g/mol. The average Bonchev–Trinajstić information content (AvgIpc) is 3.04. The number of nitrogens with one attached hydrogen (secondary N) is 1. The quantitative estimate of drug-likeness (QED) is 0.847. The molecule has 1 aliphatic rings. The number of amides is 1. The van der Waals surface area contributed by atoms with E-state index >= 15 is 0 Å². The van der Waals surface area contributed by atoms with E-state index < -0.39 is 0 Å². The number of phenols is 1. The fourth-order valence-corrected chi connectivity index (χ4v) is 2.68. The molecule has 0 aliphatic heterocycles. The molecule has 0 bridgehead atoms. The Kier molecular flexibility index (Phi) is 3.85. The molecule has 0 atom stereocenters. The lowest BCUT2D eigenvalue weighted by atomic mass is 9.88. The highest BCUT2D eigenvalue weighted by molar-refractivity contribution is 5.93. The van der Waals surface area contributed by atoms with Crippen LogP contribution in [-0.2, 0) is 4.79 Å². The van der Waals surface area contributed by atoms with E-state index in [1.165, 1.54) is 18.9 Å². The lowest BCUT2D eigenvalue weighted by Gasteiger charge is -2.20. The first-order valence-corrected chi connectivity index (χ1v) is 7.14. The van der Waals surface area contributed by atoms with Gasteiger partial charge in [0, 0.05) is 11.6 Å². The van der Waals surface area contributed by atoms with Crippen LogP contribution in [0.2, 0.25) is 0 Å². The fraction of sp³-hybridized carbons (Fsp3) is 0.400. The molecule has 1 aliphatic carbocycles. The van der Waals surface area contributed by atoms with Gasteiger partial charge in [0.25, 0.3) is 5.89 Å². The Morgan fingerprint density at radius 3 is 2.81 bits per heavy atom. The second-order valence-corrected chi connectivity index (χ2v) is 5.30. The van der Waals surface area contributed by atoms with Crippen LogP contribution in [0.25, 0.3) is 11.5 Å². The number of anilines is 1. The molecule has 0 radical (unpaired) electrons. The number of rotatable bonds is 3. The number of aromatic nitrogens is 2. The van der Waals surface area contributed by atoms with Gasteiger partial charge in [-0.15, -0.1) is 10.2 Å². The first-order chi connectivity index (χ1) is 10.2. The number of nitrogens with zero attached hydrogens (tertiary/aromatic N) is 2. The molecular weight excluding hydrogens is 270 g/mol. The molecule has 1 aromatic carbocycles. The molecule has 1 fully saturated rings. The third-order valence-corrected chi connectivity index (χ3v) is 3.83. The van der Waals surface area contributed by atoms with Crippen LogP contribution < -0.4 is 5.32 Å². The summed E-state index contributed by atoms with van der Waals surface area (Å²) in [6.07, 6.45) is 6.52. The van der Waals surface area contributed by atoms with Crippen molar-refractivity contribution in [1.82, 2.24) is 10.2 Å². The highest BCUT2D eigenvalue weighted by atomic mass is 16.4. The third-order valence-electron chi connectivity index (χ3n) is 3.83. The lowest BCUT2D eigenvalue weighted by Crippen LogP contribution is -2.24. The highest BCUT2D eigenvalue weighted by Crippen LogP contribution is 2.31. The van der Waals surface area contributed by atoms with Crippen molar-refractivity contribution in [2.24, 2.45) is 5.92 Å². The number of phenolic OH excluding ortho intramolecular Hbond substituents is 1. The molecule has 110 valence electrons. The van der Waals surface area contributed by atoms with Crippen LogP contribution in [0.15, 0.2) is 29.0 Å². The van der Waals surface area contributed by atoms with Gasteiger partial charge < -0.3 is 14.8 Å². The summed E-state index contributed by atoms with van der Waals surface area (Å²) in [6, 6.07) is 4.81. The predicted molar refractivity (Wildman–Crippen MR) is 76.6 cm³/mol. The minimum atomic E-state index is 0.0370. The molecule has 1 aromatic heterocycles. The first kappa shape index (κ1) is 13.6. The number of carbonyl (C=O) groups is 1. The third kappa shape index (κ3) is 3.04. The van der Waals surface area contributed by atoms with Crippen molar-refractivity contribution in [3.63, 3.8) is 0 Å². The minimum Gasteiger partial charge on any atom is -0.507 e. The minimum absolute atomic E-state index is 0.0370. The van der Waals surface area contributed by atoms with E-state index in [0.29, 0.717) is 11.3 Å². The number of carbonyl (C=O) groups excluding carboxylic acids is 1. The van der Waals surface area contributed by atoms with E-state index in [2.05, 4.69) is 15.5 Å². The van der Waals surface area contributed by atoms with Crippen molar-refractivity contribution in [3.05, 3.63) is 24.6 Å². The second-order valence-electron chi connectivity index (χ2n) is 5.30. The summed E-state index contributed by atoms with van der Waals surface area (Å²) in [7, 11) is 0. The van der Waals surface area contributed by atoms with Gasteiger partial charge in [0.2, 0.25) is 12.3 Å². The standard InChI is InChI=1S/C15H17N3O3/c19-13-7-6-11(8-12(13)15-18-16-9-21-15)17-14(20)10-4-2-1-3-5-10/h6-10,19H,1-5H2,(H,17,20). The van der Waals surface area contributed by atoms with E-state index in [0.717, 1.165) is 25.7 Å². The maximum atomic E-state index is 12.2. The van der Waals surface area contributed by atoms with E-state index in [1.807, 2.05) is 0 Å². The van der Waals surface area contributed by atoms with Crippen molar-refractivity contribution >= 4 is 11.6 Å². The number of hydrogen-bond acceptors (Lipinski definition) is 5. The SMILES string of the molecule is O=C(Nc1ccc(O)c(-c2nnco2)c1)C1CCCCC1. The van der Waals surface area contributed by atoms with Gasteiger partial charge in [-0.1, -0.05) is 19.3 Å². The number of aromatic hydroxyl groups is 1. The van der Waals surface area contributed by atoms with Gasteiger partial charge in [0.05, 0.1) is 5.56 Å². The molecule has 6 heteroatoms. The lowest BCUT2D eigenvalue weighted by molar-refractivity contribution is -0.120. The molecule has 0 unspecified atom stereocenters. The van der Waals surface area contributed by atoms with Crippen LogP contribution >= 0.6 is 0 Å². The van der Waals surface area contributed by atoms with E-state index in [9.17, 15) is 9.90 Å². The summed E-state index contributed by atoms with van der Waals surface area (Å²) < 4.78 is 5.08. The normalized spacial score (nSPS) is 15.8. The van der Waals surface area contributed by atoms with Crippen molar-refractivity contribution in [3.8, 4) is 17.2 Å². The zero-order valence-corrected chi connectivity index (χ0v) is 11.6. The van der Waals surface area contributed by atoms with Gasteiger partial charge in [0.15, 0.2) is 0 Å². The molecule has 1 heterocycles. The van der Waals surface area contributed by atoms with Gasteiger partial charge in [0.1, 0.15) is 5.75 Å². The van der Waals surface area contributed by atoms with Gasteiger partial charge >= 0.3 is 0 Å². The summed E-state index contributed by atoms with van der Waals surface area (Å²) >= 11 is 0. The summed E-state index contributed by atoms with van der Waals surface area (Å²) in [4.78, 5) is 12.2. The van der Waals surface area contributed by atoms with Crippen LogP contribution in [0.1, 0.15) is 32.1 Å². The smallest absolute Gasteiger partial charge is 0.251 e. The van der Waals surface area contributed by atoms with E-state index in [-0.39, 0.29) is 23.5 Å². The van der Waals surface area contributed by atoms with Crippen LogP contribution in [0, 0.1) is 5.92 Å². The second kappa shape index (κ2) is 5.95. The molecule has 1 amide bonds. The summed E-state index contributed by atoms with van der Waals surface area (Å²) in [5.74, 6) is 0.382. The Morgan fingerprint density at radius 1 is 1.29 bits per heavy atom. The Morgan fingerprint density at radius 2 is 2.10 bits per heavy atom. The van der Waals surface area contributed by atoms with Crippen molar-refractivity contribution in [1.29, 1.82) is 0 Å². The molecule has 1 saturated carbocycles. The fourth-order valence-electron chi connectivity index (χ4n) is 2.68. The first-order valence-electron chi connectivity index (χ1n) is 7.14. The zero-order chi connectivity index (χ0) is 14.7. The maximum Gasteiger partial charge on any atom is 0.251 e. The van der Waals surface area contributed by atoms with Crippen molar-refractivity contribution in [2.75, 3.05) is 5.32 Å².